The van der Waals surface area contributed by atoms with Crippen LogP contribution in [0.25, 0.3) is 22.6 Å². The Morgan fingerprint density at radius 3 is 2.49 bits per heavy atom. The first-order valence-electron chi connectivity index (χ1n) is 12.0. The zero-order valence-electron chi connectivity index (χ0n) is 20.6. The van der Waals surface area contributed by atoms with Crippen LogP contribution in [0.2, 0.25) is 10.0 Å². The lowest BCUT2D eigenvalue weighted by Gasteiger charge is -2.12. The first-order chi connectivity index (χ1) is 19.1. The van der Waals surface area contributed by atoms with E-state index in [9.17, 15) is 5.21 Å². The number of aromatic nitrogens is 3. The predicted molar refractivity (Wildman–Crippen MR) is 156 cm³/mol. The largest absolute Gasteiger partial charge is 0.489 e. The van der Waals surface area contributed by atoms with Crippen LogP contribution in [0.1, 0.15) is 22.5 Å². The highest BCUT2D eigenvalue weighted by atomic mass is 35.5. The Labute approximate surface area is 235 Å². The fourth-order valence-electron chi connectivity index (χ4n) is 3.94. The number of ether oxygens (including phenoxy) is 1. The Bertz CT molecular complexity index is 1680. The maximum absolute atomic E-state index is 9.82. The third kappa shape index (κ3) is 6.49. The average Bonchev–Trinajstić information content (AvgIpc) is 2.98. The fourth-order valence-corrected chi connectivity index (χ4v) is 4.40. The molecule has 192 valence electrons. The summed E-state index contributed by atoms with van der Waals surface area (Å²) >= 11 is 12.3. The van der Waals surface area contributed by atoms with E-state index in [2.05, 4.69) is 20.1 Å². The number of rotatable bonds is 8. The molecule has 5 aromatic rings. The van der Waals surface area contributed by atoms with Crippen molar-refractivity contribution in [1.29, 1.82) is 0 Å². The van der Waals surface area contributed by atoms with Crippen molar-refractivity contribution >= 4 is 51.5 Å². The molecule has 0 saturated carbocycles. The second-order valence-corrected chi connectivity index (χ2v) is 9.30. The standard InChI is InChI=1S/C31H22Cl2N4O2/c32-23-11-8-22(29(33)17-23)19-39-26-14-9-21(10-15-26)28(31-27-6-1-2-7-30(27)35-20-36-31)18-25(37-38)13-12-24-5-3-4-16-34-24/h1-18,20,38H,19H2. The topological polar surface area (TPSA) is 80.5 Å². The van der Waals surface area contributed by atoms with E-state index in [1.165, 1.54) is 6.33 Å². The highest BCUT2D eigenvalue weighted by Crippen LogP contribution is 2.30. The van der Waals surface area contributed by atoms with Crippen molar-refractivity contribution in [2.75, 3.05) is 0 Å². The highest BCUT2D eigenvalue weighted by molar-refractivity contribution is 6.35. The van der Waals surface area contributed by atoms with E-state index in [0.717, 1.165) is 33.3 Å². The van der Waals surface area contributed by atoms with Gasteiger partial charge in [-0.05, 0) is 66.3 Å². The number of hydrogen-bond acceptors (Lipinski definition) is 6. The van der Waals surface area contributed by atoms with Gasteiger partial charge in [-0.1, -0.05) is 70.8 Å². The van der Waals surface area contributed by atoms with Gasteiger partial charge in [0.25, 0.3) is 0 Å². The second-order valence-electron chi connectivity index (χ2n) is 8.46. The van der Waals surface area contributed by atoms with E-state index in [-0.39, 0.29) is 0 Å². The van der Waals surface area contributed by atoms with Crippen molar-refractivity contribution in [3.05, 3.63) is 142 Å². The third-order valence-corrected chi connectivity index (χ3v) is 6.48. The van der Waals surface area contributed by atoms with Crippen molar-refractivity contribution in [1.82, 2.24) is 15.0 Å². The van der Waals surface area contributed by atoms with Crippen LogP contribution >= 0.6 is 23.2 Å². The Morgan fingerprint density at radius 2 is 1.72 bits per heavy atom. The zero-order chi connectivity index (χ0) is 27.0. The quantitative estimate of drug-likeness (QED) is 0.120. The summed E-state index contributed by atoms with van der Waals surface area (Å²) in [5.41, 5.74) is 5.01. The number of pyridine rings is 1. The molecule has 8 heteroatoms. The van der Waals surface area contributed by atoms with Gasteiger partial charge in [0.05, 0.1) is 16.9 Å². The molecule has 39 heavy (non-hydrogen) atoms. The number of fused-ring (bicyclic) bond motifs is 1. The Kier molecular flexibility index (Phi) is 8.26. The molecule has 0 saturated heterocycles. The molecule has 5 rings (SSSR count). The molecule has 6 nitrogen and oxygen atoms in total. The molecule has 3 aromatic carbocycles. The van der Waals surface area contributed by atoms with Crippen molar-refractivity contribution < 1.29 is 9.94 Å². The number of halogens is 2. The summed E-state index contributed by atoms with van der Waals surface area (Å²) in [4.78, 5) is 13.3. The molecule has 1 N–H and O–H groups in total. The summed E-state index contributed by atoms with van der Waals surface area (Å²) in [5, 5.41) is 15.3. The van der Waals surface area contributed by atoms with Gasteiger partial charge in [-0.2, -0.15) is 0 Å². The number of allylic oxidation sites excluding steroid dienone is 2. The summed E-state index contributed by atoms with van der Waals surface area (Å²) in [5.74, 6) is 0.669. The lowest BCUT2D eigenvalue weighted by molar-refractivity contribution is 0.306. The van der Waals surface area contributed by atoms with E-state index in [4.69, 9.17) is 27.9 Å². The molecule has 0 unspecified atom stereocenters. The molecule has 0 fully saturated rings. The lowest BCUT2D eigenvalue weighted by Crippen LogP contribution is -2.00. The minimum absolute atomic E-state index is 0.300. The van der Waals surface area contributed by atoms with Crippen LogP contribution in [-0.4, -0.2) is 25.9 Å². The number of benzene rings is 3. The highest BCUT2D eigenvalue weighted by Gasteiger charge is 2.13. The summed E-state index contributed by atoms with van der Waals surface area (Å²) in [7, 11) is 0. The minimum atomic E-state index is 0.300. The van der Waals surface area contributed by atoms with E-state index in [1.54, 1.807) is 36.6 Å². The minimum Gasteiger partial charge on any atom is -0.489 e. The first-order valence-corrected chi connectivity index (χ1v) is 12.8. The molecule has 0 spiro atoms. The molecule has 0 atom stereocenters. The Hall–Kier alpha value is -4.52. The van der Waals surface area contributed by atoms with Gasteiger partial charge in [0.15, 0.2) is 0 Å². The van der Waals surface area contributed by atoms with Crippen LogP contribution in [0.4, 0.5) is 0 Å². The van der Waals surface area contributed by atoms with Gasteiger partial charge < -0.3 is 9.94 Å². The van der Waals surface area contributed by atoms with Gasteiger partial charge in [0.2, 0.25) is 0 Å². The van der Waals surface area contributed by atoms with Crippen LogP contribution in [0.3, 0.4) is 0 Å². The first kappa shape index (κ1) is 26.1. The monoisotopic (exact) mass is 552 g/mol. The molecule has 0 amide bonds. The van der Waals surface area contributed by atoms with Crippen LogP contribution in [0, 0.1) is 0 Å². The van der Waals surface area contributed by atoms with Crippen molar-refractivity contribution in [2.24, 2.45) is 5.16 Å². The maximum Gasteiger partial charge on any atom is 0.119 e. The molecule has 0 radical (unpaired) electrons. The van der Waals surface area contributed by atoms with Crippen molar-refractivity contribution in [3.63, 3.8) is 0 Å². The molecule has 0 aliphatic heterocycles. The summed E-state index contributed by atoms with van der Waals surface area (Å²) < 4.78 is 5.96. The van der Waals surface area contributed by atoms with Gasteiger partial charge in [-0.3, -0.25) is 4.98 Å². The Balaban J connectivity index is 1.49. The lowest BCUT2D eigenvalue weighted by atomic mass is 9.97. The van der Waals surface area contributed by atoms with Crippen molar-refractivity contribution in [3.8, 4) is 5.75 Å². The number of para-hydroxylation sites is 1. The molecule has 0 bridgehead atoms. The predicted octanol–water partition coefficient (Wildman–Crippen LogP) is 7.89. The average molecular weight is 553 g/mol. The molecule has 0 aliphatic carbocycles. The maximum atomic E-state index is 9.82. The van der Waals surface area contributed by atoms with Gasteiger partial charge in [-0.25, -0.2) is 9.97 Å². The van der Waals surface area contributed by atoms with Crippen LogP contribution in [0.15, 0.2) is 115 Å². The van der Waals surface area contributed by atoms with Crippen molar-refractivity contribution in [2.45, 2.75) is 6.61 Å². The number of nitrogens with zero attached hydrogens (tertiary/aromatic N) is 4. The smallest absolute Gasteiger partial charge is 0.119 e. The van der Waals surface area contributed by atoms with Gasteiger partial charge in [-0.15, -0.1) is 0 Å². The van der Waals surface area contributed by atoms with Crippen LogP contribution in [-0.2, 0) is 6.61 Å². The molecule has 0 aliphatic rings. The SMILES string of the molecule is ON=C(C=Cc1ccccn1)C=C(c1ccc(OCc2ccc(Cl)cc2Cl)cc1)c1ncnc2ccccc12. The molecule has 2 aromatic heterocycles. The van der Waals surface area contributed by atoms with Gasteiger partial charge in [0, 0.05) is 32.8 Å². The Morgan fingerprint density at radius 1 is 0.897 bits per heavy atom. The fraction of sp³-hybridized carbons (Fsp3) is 0.0323. The van der Waals surface area contributed by atoms with Gasteiger partial charge in [0.1, 0.15) is 24.4 Å². The second kappa shape index (κ2) is 12.3. The number of hydrogen-bond donors (Lipinski definition) is 1. The van der Waals surface area contributed by atoms with E-state index in [1.807, 2.05) is 72.8 Å². The summed E-state index contributed by atoms with van der Waals surface area (Å²) in [6.45, 7) is 0.300. The van der Waals surface area contributed by atoms with E-state index < -0.39 is 0 Å². The van der Waals surface area contributed by atoms with E-state index in [0.29, 0.717) is 33.8 Å². The van der Waals surface area contributed by atoms with Crippen LogP contribution in [0.5, 0.6) is 5.75 Å². The van der Waals surface area contributed by atoms with Gasteiger partial charge >= 0.3 is 0 Å². The van der Waals surface area contributed by atoms with Crippen LogP contribution < -0.4 is 4.74 Å². The molecular formula is C31H22Cl2N4O2. The number of oxime groups is 1. The third-order valence-electron chi connectivity index (χ3n) is 5.89. The zero-order valence-corrected chi connectivity index (χ0v) is 22.1. The normalized spacial score (nSPS) is 12.3. The molecular weight excluding hydrogens is 531 g/mol. The summed E-state index contributed by atoms with van der Waals surface area (Å²) in [6, 6.07) is 26.3. The molecule has 2 heterocycles. The summed E-state index contributed by atoms with van der Waals surface area (Å²) in [6.07, 6.45) is 8.48. The van der Waals surface area contributed by atoms with E-state index >= 15 is 0 Å².